The second-order valence-electron chi connectivity index (χ2n) is 3.32. The lowest BCUT2D eigenvalue weighted by Gasteiger charge is -2.04. The quantitative estimate of drug-likeness (QED) is 0.682. The number of hydrogen-bond donors (Lipinski definition) is 0. The smallest absolute Gasteiger partial charge is 0.126 e. The van der Waals surface area contributed by atoms with Crippen LogP contribution in [0.25, 0.3) is 10.9 Å². The van der Waals surface area contributed by atoms with Crippen molar-refractivity contribution in [3.8, 4) is 6.07 Å². The molecule has 2 rings (SSSR count). The normalized spacial score (nSPS) is 10.3. The zero-order chi connectivity index (χ0) is 11.0. The summed E-state index contributed by atoms with van der Waals surface area (Å²) in [5, 5.41) is 10.2. The third-order valence-electron chi connectivity index (χ3n) is 2.21. The van der Waals surface area contributed by atoms with Crippen molar-refractivity contribution in [3.63, 3.8) is 0 Å². The van der Waals surface area contributed by atoms with Crippen molar-refractivity contribution in [2.24, 2.45) is 0 Å². The second kappa shape index (κ2) is 3.48. The Bertz CT molecular complexity index is 584. The van der Waals surface area contributed by atoms with Crippen LogP contribution in [0.4, 0.5) is 0 Å². The summed E-state index contributed by atoms with van der Waals surface area (Å²) in [6.07, 6.45) is 0. The van der Waals surface area contributed by atoms with Gasteiger partial charge in [-0.05, 0) is 26.0 Å². The van der Waals surface area contributed by atoms with E-state index in [-0.39, 0.29) is 0 Å². The standard InChI is InChI=1S/C11H8ClN3/c1-6-9-4-10(12)8(5-13)3-11(9)15-7(2)14-6/h3-4H,1-2H3. The Balaban J connectivity index is 2.89. The van der Waals surface area contributed by atoms with E-state index in [1.807, 2.05) is 19.9 Å². The van der Waals surface area contributed by atoms with E-state index < -0.39 is 0 Å². The van der Waals surface area contributed by atoms with Crippen LogP contribution in [0.1, 0.15) is 17.1 Å². The average molecular weight is 218 g/mol. The average Bonchev–Trinajstić information content (AvgIpc) is 2.18. The van der Waals surface area contributed by atoms with E-state index in [1.165, 1.54) is 0 Å². The number of halogens is 1. The number of benzene rings is 1. The van der Waals surface area contributed by atoms with Gasteiger partial charge in [0.05, 0.1) is 16.1 Å². The molecule has 0 amide bonds. The summed E-state index contributed by atoms with van der Waals surface area (Å²) < 4.78 is 0. The van der Waals surface area contributed by atoms with Crippen LogP contribution in [0.3, 0.4) is 0 Å². The van der Waals surface area contributed by atoms with Crippen molar-refractivity contribution in [2.75, 3.05) is 0 Å². The maximum absolute atomic E-state index is 8.84. The molecule has 15 heavy (non-hydrogen) atoms. The van der Waals surface area contributed by atoms with Crippen LogP contribution in [-0.4, -0.2) is 9.97 Å². The van der Waals surface area contributed by atoms with Gasteiger partial charge in [0.1, 0.15) is 11.9 Å². The zero-order valence-corrected chi connectivity index (χ0v) is 9.13. The molecule has 74 valence electrons. The Kier molecular flexibility index (Phi) is 2.29. The molecule has 0 bridgehead atoms. The highest BCUT2D eigenvalue weighted by molar-refractivity contribution is 6.32. The molecule has 0 unspecified atom stereocenters. The number of fused-ring (bicyclic) bond motifs is 1. The van der Waals surface area contributed by atoms with Gasteiger partial charge >= 0.3 is 0 Å². The number of rotatable bonds is 0. The van der Waals surface area contributed by atoms with Crippen LogP contribution in [-0.2, 0) is 0 Å². The molecule has 1 heterocycles. The number of hydrogen-bond acceptors (Lipinski definition) is 3. The summed E-state index contributed by atoms with van der Waals surface area (Å²) in [6.45, 7) is 3.73. The molecular weight excluding hydrogens is 210 g/mol. The predicted molar refractivity (Wildman–Crippen MR) is 58.7 cm³/mol. The summed E-state index contributed by atoms with van der Waals surface area (Å²) in [5.74, 6) is 0.700. The van der Waals surface area contributed by atoms with Crippen molar-refractivity contribution in [3.05, 3.63) is 34.2 Å². The number of nitrogens with zero attached hydrogens (tertiary/aromatic N) is 3. The molecule has 0 N–H and O–H groups in total. The maximum Gasteiger partial charge on any atom is 0.126 e. The summed E-state index contributed by atoms with van der Waals surface area (Å²) in [4.78, 5) is 8.51. The van der Waals surface area contributed by atoms with Crippen LogP contribution in [0, 0.1) is 25.2 Å². The number of aryl methyl sites for hydroxylation is 2. The van der Waals surface area contributed by atoms with Gasteiger partial charge in [0.2, 0.25) is 0 Å². The summed E-state index contributed by atoms with van der Waals surface area (Å²) in [7, 11) is 0. The van der Waals surface area contributed by atoms with Crippen molar-refractivity contribution in [2.45, 2.75) is 13.8 Å². The molecule has 3 nitrogen and oxygen atoms in total. The van der Waals surface area contributed by atoms with Gasteiger partial charge in [-0.2, -0.15) is 5.26 Å². The fraction of sp³-hybridized carbons (Fsp3) is 0.182. The van der Waals surface area contributed by atoms with Crippen molar-refractivity contribution >= 4 is 22.5 Å². The molecule has 0 saturated carbocycles. The first-order chi connectivity index (χ1) is 7.11. The highest BCUT2D eigenvalue weighted by Gasteiger charge is 2.06. The van der Waals surface area contributed by atoms with E-state index in [0.29, 0.717) is 16.4 Å². The van der Waals surface area contributed by atoms with Gasteiger partial charge in [0.25, 0.3) is 0 Å². The lowest BCUT2D eigenvalue weighted by atomic mass is 10.1. The third kappa shape index (κ3) is 1.64. The largest absolute Gasteiger partial charge is 0.238 e. The monoisotopic (exact) mass is 217 g/mol. The summed E-state index contributed by atoms with van der Waals surface area (Å²) in [6, 6.07) is 5.47. The first kappa shape index (κ1) is 9.88. The van der Waals surface area contributed by atoms with Crippen LogP contribution < -0.4 is 0 Å². The highest BCUT2D eigenvalue weighted by atomic mass is 35.5. The minimum atomic E-state index is 0.445. The minimum Gasteiger partial charge on any atom is -0.238 e. The molecule has 0 radical (unpaired) electrons. The molecule has 0 saturated heterocycles. The topological polar surface area (TPSA) is 49.6 Å². The second-order valence-corrected chi connectivity index (χ2v) is 3.72. The van der Waals surface area contributed by atoms with Crippen molar-refractivity contribution in [1.29, 1.82) is 5.26 Å². The van der Waals surface area contributed by atoms with Gasteiger partial charge in [-0.15, -0.1) is 0 Å². The van der Waals surface area contributed by atoms with Gasteiger partial charge < -0.3 is 0 Å². The SMILES string of the molecule is Cc1nc(C)c2cc(Cl)c(C#N)cc2n1. The first-order valence-corrected chi connectivity index (χ1v) is 4.84. The van der Waals surface area contributed by atoms with Crippen LogP contribution in [0.15, 0.2) is 12.1 Å². The fourth-order valence-electron chi connectivity index (χ4n) is 1.53. The van der Waals surface area contributed by atoms with Crippen LogP contribution in [0.5, 0.6) is 0 Å². The molecule has 0 aliphatic rings. The lowest BCUT2D eigenvalue weighted by molar-refractivity contribution is 1.05. The molecule has 0 fully saturated rings. The minimum absolute atomic E-state index is 0.445. The predicted octanol–water partition coefficient (Wildman–Crippen LogP) is 2.77. The molecule has 0 aliphatic carbocycles. The van der Waals surface area contributed by atoms with Crippen LogP contribution in [0.2, 0.25) is 5.02 Å². The third-order valence-corrected chi connectivity index (χ3v) is 2.52. The Morgan fingerprint density at radius 1 is 1.27 bits per heavy atom. The molecule has 2 aromatic rings. The zero-order valence-electron chi connectivity index (χ0n) is 8.37. The Hall–Kier alpha value is -1.66. The van der Waals surface area contributed by atoms with Crippen LogP contribution >= 0.6 is 11.6 Å². The molecule has 0 spiro atoms. The molecule has 1 aromatic heterocycles. The van der Waals surface area contributed by atoms with Crippen molar-refractivity contribution < 1.29 is 0 Å². The Labute approximate surface area is 92.3 Å². The highest BCUT2D eigenvalue weighted by Crippen LogP contribution is 2.23. The van der Waals surface area contributed by atoms with Gasteiger partial charge in [0.15, 0.2) is 0 Å². The van der Waals surface area contributed by atoms with Crippen molar-refractivity contribution in [1.82, 2.24) is 9.97 Å². The Morgan fingerprint density at radius 3 is 2.67 bits per heavy atom. The van der Waals surface area contributed by atoms with E-state index in [0.717, 1.165) is 16.6 Å². The van der Waals surface area contributed by atoms with E-state index in [1.54, 1.807) is 12.1 Å². The molecule has 1 aromatic carbocycles. The van der Waals surface area contributed by atoms with Gasteiger partial charge in [-0.25, -0.2) is 9.97 Å². The van der Waals surface area contributed by atoms with E-state index in [2.05, 4.69) is 9.97 Å². The molecule has 0 atom stereocenters. The van der Waals surface area contributed by atoms with E-state index in [9.17, 15) is 0 Å². The summed E-state index contributed by atoms with van der Waals surface area (Å²) in [5.41, 5.74) is 2.09. The number of nitriles is 1. The first-order valence-electron chi connectivity index (χ1n) is 4.46. The van der Waals surface area contributed by atoms with Gasteiger partial charge in [0, 0.05) is 11.1 Å². The van der Waals surface area contributed by atoms with Gasteiger partial charge in [-0.3, -0.25) is 0 Å². The maximum atomic E-state index is 8.84. The summed E-state index contributed by atoms with van der Waals surface area (Å²) >= 11 is 5.94. The molecule has 0 aliphatic heterocycles. The number of aromatic nitrogens is 2. The molecular formula is C11H8ClN3. The van der Waals surface area contributed by atoms with E-state index in [4.69, 9.17) is 16.9 Å². The van der Waals surface area contributed by atoms with E-state index >= 15 is 0 Å². The van der Waals surface area contributed by atoms with Gasteiger partial charge in [-0.1, -0.05) is 11.6 Å². The fourth-order valence-corrected chi connectivity index (χ4v) is 1.74. The molecule has 4 heteroatoms. The Morgan fingerprint density at radius 2 is 2.00 bits per heavy atom. The lowest BCUT2D eigenvalue weighted by Crippen LogP contribution is -1.94.